The summed E-state index contributed by atoms with van der Waals surface area (Å²) >= 11 is 7.72. The first-order chi connectivity index (χ1) is 15.4. The number of ether oxygens (including phenoxy) is 1. The second-order valence-corrected chi connectivity index (χ2v) is 8.40. The van der Waals surface area contributed by atoms with E-state index in [9.17, 15) is 9.59 Å². The molecule has 0 saturated heterocycles. The van der Waals surface area contributed by atoms with E-state index in [0.29, 0.717) is 16.1 Å². The minimum atomic E-state index is -1.01. The Balaban J connectivity index is 1.73. The van der Waals surface area contributed by atoms with Crippen LogP contribution in [0.15, 0.2) is 66.0 Å². The number of aryl methyl sites for hydroxylation is 1. The van der Waals surface area contributed by atoms with Gasteiger partial charge in [0.2, 0.25) is 0 Å². The number of carbonyl (C=O) groups is 2. The lowest BCUT2D eigenvalue weighted by molar-refractivity contribution is 0.0600. The number of aromatic nitrogens is 1. The van der Waals surface area contributed by atoms with Crippen molar-refractivity contribution in [3.63, 3.8) is 0 Å². The van der Waals surface area contributed by atoms with Gasteiger partial charge in [-0.05, 0) is 47.9 Å². The third-order valence-electron chi connectivity index (χ3n) is 5.09. The number of hydrogen-bond acceptors (Lipinski definition) is 5. The van der Waals surface area contributed by atoms with E-state index in [1.54, 1.807) is 18.2 Å². The van der Waals surface area contributed by atoms with Gasteiger partial charge < -0.3 is 9.84 Å². The first kappa shape index (κ1) is 21.7. The minimum Gasteiger partial charge on any atom is -0.478 e. The van der Waals surface area contributed by atoms with E-state index in [2.05, 4.69) is 0 Å². The lowest BCUT2D eigenvalue weighted by atomic mass is 9.96. The third-order valence-corrected chi connectivity index (χ3v) is 6.39. The quantitative estimate of drug-likeness (QED) is 0.338. The summed E-state index contributed by atoms with van der Waals surface area (Å²) < 4.78 is 4.99. The summed E-state index contributed by atoms with van der Waals surface area (Å²) in [5, 5.41) is 12.5. The number of thiazole rings is 1. The molecule has 1 N–H and O–H groups in total. The highest BCUT2D eigenvalue weighted by molar-refractivity contribution is 7.13. The van der Waals surface area contributed by atoms with Gasteiger partial charge in [0.05, 0.1) is 23.9 Å². The van der Waals surface area contributed by atoms with Crippen LogP contribution >= 0.6 is 22.9 Å². The molecule has 1 heterocycles. The number of carboxylic acid groups (broad SMARTS) is 1. The highest BCUT2D eigenvalue weighted by Crippen LogP contribution is 2.34. The van der Waals surface area contributed by atoms with Crippen molar-refractivity contribution in [1.82, 2.24) is 4.98 Å². The highest BCUT2D eigenvalue weighted by atomic mass is 35.5. The highest BCUT2D eigenvalue weighted by Gasteiger charge is 2.17. The Morgan fingerprint density at radius 3 is 2.31 bits per heavy atom. The van der Waals surface area contributed by atoms with Crippen molar-refractivity contribution >= 4 is 34.9 Å². The van der Waals surface area contributed by atoms with E-state index in [1.807, 2.05) is 42.6 Å². The van der Waals surface area contributed by atoms with Crippen molar-refractivity contribution in [2.45, 2.75) is 6.92 Å². The number of halogens is 1. The molecular formula is C25H18ClNO4S. The maximum absolute atomic E-state index is 12.5. The number of methoxy groups -OCH3 is 1. The molecule has 0 aliphatic carbocycles. The molecular weight excluding hydrogens is 446 g/mol. The molecule has 0 unspecified atom stereocenters. The zero-order chi connectivity index (χ0) is 22.8. The molecule has 1 aromatic heterocycles. The Labute approximate surface area is 193 Å². The number of aromatic carboxylic acids is 1. The summed E-state index contributed by atoms with van der Waals surface area (Å²) in [6.45, 7) is 1.95. The standard InChI is InChI=1S/C25H18ClNO4S/c1-14-3-4-17(12-21(14)26)22-13-32-23(27-22)18-9-10-19(20(11-18)25(30)31-2)15-5-7-16(8-6-15)24(28)29/h3-13H,1-2H3,(H,28,29). The Bertz CT molecular complexity index is 1330. The van der Waals surface area contributed by atoms with Crippen molar-refractivity contribution in [2.24, 2.45) is 0 Å². The zero-order valence-electron chi connectivity index (χ0n) is 17.3. The van der Waals surface area contributed by atoms with Crippen molar-refractivity contribution in [3.8, 4) is 33.0 Å². The van der Waals surface area contributed by atoms with Crippen LogP contribution < -0.4 is 0 Å². The molecule has 0 spiro atoms. The van der Waals surface area contributed by atoms with Crippen molar-refractivity contribution < 1.29 is 19.4 Å². The number of hydrogen-bond donors (Lipinski definition) is 1. The minimum absolute atomic E-state index is 0.177. The second kappa shape index (κ2) is 8.94. The molecule has 4 aromatic rings. The van der Waals surface area contributed by atoms with Gasteiger partial charge in [-0.1, -0.05) is 48.0 Å². The van der Waals surface area contributed by atoms with Gasteiger partial charge in [0.25, 0.3) is 0 Å². The molecule has 0 saturated carbocycles. The van der Waals surface area contributed by atoms with E-state index >= 15 is 0 Å². The summed E-state index contributed by atoms with van der Waals surface area (Å²) in [4.78, 5) is 28.4. The van der Waals surface area contributed by atoms with Crippen molar-refractivity contribution in [3.05, 3.63) is 87.8 Å². The molecule has 0 atom stereocenters. The van der Waals surface area contributed by atoms with Gasteiger partial charge in [0.15, 0.2) is 0 Å². The average molecular weight is 464 g/mol. The molecule has 32 heavy (non-hydrogen) atoms. The molecule has 4 rings (SSSR count). The first-order valence-corrected chi connectivity index (χ1v) is 10.9. The van der Waals surface area contributed by atoms with E-state index in [0.717, 1.165) is 33.0 Å². The first-order valence-electron chi connectivity index (χ1n) is 9.66. The van der Waals surface area contributed by atoms with E-state index in [1.165, 1.54) is 30.6 Å². The molecule has 5 nitrogen and oxygen atoms in total. The van der Waals surface area contributed by atoms with Crippen LogP contribution in [0.4, 0.5) is 0 Å². The van der Waals surface area contributed by atoms with Crippen LogP contribution in [0.1, 0.15) is 26.3 Å². The third kappa shape index (κ3) is 4.28. The second-order valence-electron chi connectivity index (χ2n) is 7.14. The maximum atomic E-state index is 12.5. The van der Waals surface area contributed by atoms with Gasteiger partial charge in [0.1, 0.15) is 5.01 Å². The molecule has 160 valence electrons. The summed E-state index contributed by atoms with van der Waals surface area (Å²) in [5.74, 6) is -1.49. The van der Waals surface area contributed by atoms with Crippen LogP contribution in [0, 0.1) is 6.92 Å². The Morgan fingerprint density at radius 2 is 1.66 bits per heavy atom. The summed E-state index contributed by atoms with van der Waals surface area (Å²) in [5.41, 5.74) is 5.44. The Morgan fingerprint density at radius 1 is 0.969 bits per heavy atom. The van der Waals surface area contributed by atoms with Crippen LogP contribution in [0.5, 0.6) is 0 Å². The smallest absolute Gasteiger partial charge is 0.338 e. The normalized spacial score (nSPS) is 10.7. The summed E-state index contributed by atoms with van der Waals surface area (Å²) in [6.07, 6.45) is 0. The number of carbonyl (C=O) groups excluding carboxylic acids is 1. The molecule has 0 aliphatic rings. The summed E-state index contributed by atoms with van der Waals surface area (Å²) in [7, 11) is 1.33. The molecule has 0 aliphatic heterocycles. The molecule has 0 bridgehead atoms. The number of rotatable bonds is 5. The van der Waals surface area contributed by atoms with Gasteiger partial charge in [-0.2, -0.15) is 0 Å². The number of benzene rings is 3. The van der Waals surface area contributed by atoms with Crippen LogP contribution in [-0.2, 0) is 4.74 Å². The predicted molar refractivity (Wildman–Crippen MR) is 126 cm³/mol. The van der Waals surface area contributed by atoms with Gasteiger partial charge in [-0.15, -0.1) is 11.3 Å². The number of esters is 1. The Hall–Kier alpha value is -3.48. The molecule has 7 heteroatoms. The number of carboxylic acids is 1. The largest absolute Gasteiger partial charge is 0.478 e. The average Bonchev–Trinajstić information content (AvgIpc) is 3.30. The summed E-state index contributed by atoms with van der Waals surface area (Å²) in [6, 6.07) is 17.6. The lowest BCUT2D eigenvalue weighted by Gasteiger charge is -2.10. The monoisotopic (exact) mass is 463 g/mol. The number of nitrogens with zero attached hydrogens (tertiary/aromatic N) is 1. The van der Waals surface area contributed by atoms with Gasteiger partial charge in [-0.3, -0.25) is 0 Å². The van der Waals surface area contributed by atoms with E-state index in [-0.39, 0.29) is 5.56 Å². The maximum Gasteiger partial charge on any atom is 0.338 e. The lowest BCUT2D eigenvalue weighted by Crippen LogP contribution is -2.04. The molecule has 3 aromatic carbocycles. The van der Waals surface area contributed by atoms with Crippen molar-refractivity contribution in [2.75, 3.05) is 7.11 Å². The van der Waals surface area contributed by atoms with E-state index in [4.69, 9.17) is 26.4 Å². The van der Waals surface area contributed by atoms with Crippen molar-refractivity contribution in [1.29, 1.82) is 0 Å². The molecule has 0 amide bonds. The van der Waals surface area contributed by atoms with Crippen LogP contribution in [-0.4, -0.2) is 29.1 Å². The van der Waals surface area contributed by atoms with E-state index < -0.39 is 11.9 Å². The fourth-order valence-corrected chi connectivity index (χ4v) is 4.30. The van der Waals surface area contributed by atoms with Gasteiger partial charge in [-0.25, -0.2) is 14.6 Å². The van der Waals surface area contributed by atoms with Gasteiger partial charge in [0, 0.05) is 21.5 Å². The predicted octanol–water partition coefficient (Wildman–Crippen LogP) is 6.59. The molecule has 0 fully saturated rings. The zero-order valence-corrected chi connectivity index (χ0v) is 18.8. The SMILES string of the molecule is COC(=O)c1cc(-c2nc(-c3ccc(C)c(Cl)c3)cs2)ccc1-c1ccc(C(=O)O)cc1. The fourth-order valence-electron chi connectivity index (χ4n) is 3.29. The molecule has 0 radical (unpaired) electrons. The van der Waals surface area contributed by atoms with Gasteiger partial charge >= 0.3 is 11.9 Å². The topological polar surface area (TPSA) is 76.5 Å². The Kier molecular flexibility index (Phi) is 6.08. The van der Waals surface area contributed by atoms with Crippen LogP contribution in [0.2, 0.25) is 5.02 Å². The fraction of sp³-hybridized carbons (Fsp3) is 0.0800. The van der Waals surface area contributed by atoms with Crippen LogP contribution in [0.3, 0.4) is 0 Å². The van der Waals surface area contributed by atoms with Crippen LogP contribution in [0.25, 0.3) is 33.0 Å².